The fraction of sp³-hybridized carbons (Fsp3) is 0. The molecule has 5 heteroatoms. The summed E-state index contributed by atoms with van der Waals surface area (Å²) in [5.74, 6) is 0. The van der Waals surface area contributed by atoms with E-state index in [1.54, 1.807) is 16.9 Å². The van der Waals surface area contributed by atoms with Crippen LogP contribution in [0.4, 0.5) is 0 Å². The van der Waals surface area contributed by atoms with Crippen LogP contribution in [0.2, 0.25) is 10.2 Å². The SMILES string of the molecule is Clc1cccc(-c2cc3c(Cl)nccn3n2)c1. The van der Waals surface area contributed by atoms with Gasteiger partial charge in [0.15, 0.2) is 5.15 Å². The summed E-state index contributed by atoms with van der Waals surface area (Å²) in [4.78, 5) is 4.01. The molecular weight excluding hydrogens is 257 g/mol. The van der Waals surface area contributed by atoms with E-state index in [0.29, 0.717) is 10.2 Å². The van der Waals surface area contributed by atoms with Gasteiger partial charge in [-0.2, -0.15) is 5.10 Å². The smallest absolute Gasteiger partial charge is 0.154 e. The molecule has 0 saturated carbocycles. The monoisotopic (exact) mass is 263 g/mol. The lowest BCUT2D eigenvalue weighted by Gasteiger charge is -1.95. The number of aromatic nitrogens is 3. The Morgan fingerprint density at radius 3 is 2.76 bits per heavy atom. The Balaban J connectivity index is 2.22. The van der Waals surface area contributed by atoms with Crippen molar-refractivity contribution >= 4 is 28.7 Å². The summed E-state index contributed by atoms with van der Waals surface area (Å²) in [6, 6.07) is 9.43. The lowest BCUT2D eigenvalue weighted by Crippen LogP contribution is -1.88. The van der Waals surface area contributed by atoms with Crippen LogP contribution >= 0.6 is 23.2 Å². The topological polar surface area (TPSA) is 30.2 Å². The Labute approximate surface area is 108 Å². The third-order valence-corrected chi connectivity index (χ3v) is 2.99. The molecule has 2 aromatic heterocycles. The molecule has 0 aliphatic rings. The molecular formula is C12H7Cl2N3. The van der Waals surface area contributed by atoms with Crippen molar-refractivity contribution in [1.82, 2.24) is 14.6 Å². The first-order valence-electron chi connectivity index (χ1n) is 5.00. The van der Waals surface area contributed by atoms with Crippen LogP contribution in [0.3, 0.4) is 0 Å². The Kier molecular flexibility index (Phi) is 2.50. The van der Waals surface area contributed by atoms with E-state index < -0.39 is 0 Å². The summed E-state index contributed by atoms with van der Waals surface area (Å²) in [7, 11) is 0. The average molecular weight is 264 g/mol. The predicted molar refractivity (Wildman–Crippen MR) is 68.4 cm³/mol. The third-order valence-electron chi connectivity index (χ3n) is 2.46. The van der Waals surface area contributed by atoms with Gasteiger partial charge < -0.3 is 0 Å². The van der Waals surface area contributed by atoms with Gasteiger partial charge in [0, 0.05) is 23.0 Å². The van der Waals surface area contributed by atoms with Crippen molar-refractivity contribution in [2.24, 2.45) is 0 Å². The first-order chi connectivity index (χ1) is 8.24. The largest absolute Gasteiger partial charge is 0.241 e. The molecule has 0 fully saturated rings. The molecule has 3 aromatic rings. The molecule has 17 heavy (non-hydrogen) atoms. The summed E-state index contributed by atoms with van der Waals surface area (Å²) in [5, 5.41) is 5.54. The van der Waals surface area contributed by atoms with Crippen LogP contribution in [0.25, 0.3) is 16.8 Å². The van der Waals surface area contributed by atoms with Crippen molar-refractivity contribution in [2.75, 3.05) is 0 Å². The van der Waals surface area contributed by atoms with Crippen LogP contribution in [0.5, 0.6) is 0 Å². The van der Waals surface area contributed by atoms with Gasteiger partial charge in [0.25, 0.3) is 0 Å². The Morgan fingerprint density at radius 1 is 1.12 bits per heavy atom. The van der Waals surface area contributed by atoms with Crippen LogP contribution < -0.4 is 0 Å². The molecule has 3 nitrogen and oxygen atoms in total. The number of fused-ring (bicyclic) bond motifs is 1. The molecule has 2 heterocycles. The first-order valence-corrected chi connectivity index (χ1v) is 5.75. The minimum Gasteiger partial charge on any atom is -0.241 e. The Morgan fingerprint density at radius 2 is 2.00 bits per heavy atom. The fourth-order valence-electron chi connectivity index (χ4n) is 1.68. The minimum absolute atomic E-state index is 0.438. The van der Waals surface area contributed by atoms with E-state index in [-0.39, 0.29) is 0 Å². The van der Waals surface area contributed by atoms with Gasteiger partial charge >= 0.3 is 0 Å². The number of benzene rings is 1. The maximum atomic E-state index is 5.99. The third kappa shape index (κ3) is 1.88. The van der Waals surface area contributed by atoms with Crippen molar-refractivity contribution in [3.05, 3.63) is 52.9 Å². The molecule has 0 bridgehead atoms. The second-order valence-corrected chi connectivity index (χ2v) is 4.38. The highest BCUT2D eigenvalue weighted by atomic mass is 35.5. The van der Waals surface area contributed by atoms with Crippen molar-refractivity contribution < 1.29 is 0 Å². The highest BCUT2D eigenvalue weighted by Gasteiger charge is 2.07. The van der Waals surface area contributed by atoms with E-state index in [1.165, 1.54) is 0 Å². The Hall–Kier alpha value is -1.58. The number of nitrogens with zero attached hydrogens (tertiary/aromatic N) is 3. The standard InChI is InChI=1S/C12H7Cl2N3/c13-9-3-1-2-8(6-9)10-7-11-12(14)15-4-5-17(11)16-10/h1-7H. The van der Waals surface area contributed by atoms with Crippen LogP contribution in [0.15, 0.2) is 42.7 Å². The summed E-state index contributed by atoms with van der Waals surface area (Å²) < 4.78 is 1.70. The number of hydrogen-bond acceptors (Lipinski definition) is 2. The van der Waals surface area contributed by atoms with Crippen molar-refractivity contribution in [2.45, 2.75) is 0 Å². The van der Waals surface area contributed by atoms with Crippen LogP contribution in [0.1, 0.15) is 0 Å². The lowest BCUT2D eigenvalue weighted by molar-refractivity contribution is 0.950. The van der Waals surface area contributed by atoms with Crippen molar-refractivity contribution in [3.63, 3.8) is 0 Å². The van der Waals surface area contributed by atoms with Gasteiger partial charge in [-0.15, -0.1) is 0 Å². The quantitative estimate of drug-likeness (QED) is 0.670. The zero-order valence-corrected chi connectivity index (χ0v) is 10.2. The lowest BCUT2D eigenvalue weighted by atomic mass is 10.1. The van der Waals surface area contributed by atoms with E-state index in [2.05, 4.69) is 10.1 Å². The summed E-state index contributed by atoms with van der Waals surface area (Å²) >= 11 is 11.9. The molecule has 0 aliphatic carbocycles. The summed E-state index contributed by atoms with van der Waals surface area (Å²) in [5.41, 5.74) is 2.56. The van der Waals surface area contributed by atoms with Crippen LogP contribution in [-0.2, 0) is 0 Å². The normalized spacial score (nSPS) is 10.9. The molecule has 84 valence electrons. The highest BCUT2D eigenvalue weighted by Crippen LogP contribution is 2.24. The number of rotatable bonds is 1. The molecule has 0 aliphatic heterocycles. The first kappa shape index (κ1) is 10.6. The van der Waals surface area contributed by atoms with E-state index in [9.17, 15) is 0 Å². The molecule has 0 atom stereocenters. The molecule has 1 aromatic carbocycles. The number of hydrogen-bond donors (Lipinski definition) is 0. The van der Waals surface area contributed by atoms with Gasteiger partial charge in [0.1, 0.15) is 5.52 Å². The molecule has 3 rings (SSSR count). The maximum Gasteiger partial charge on any atom is 0.154 e. The Bertz CT molecular complexity index is 691. The van der Waals surface area contributed by atoms with Gasteiger partial charge in [-0.1, -0.05) is 35.3 Å². The summed E-state index contributed by atoms with van der Waals surface area (Å²) in [6.45, 7) is 0. The van der Waals surface area contributed by atoms with Gasteiger partial charge in [-0.05, 0) is 18.2 Å². The highest BCUT2D eigenvalue weighted by molar-refractivity contribution is 6.32. The van der Waals surface area contributed by atoms with Crippen LogP contribution in [0, 0.1) is 0 Å². The molecule has 0 radical (unpaired) electrons. The maximum absolute atomic E-state index is 5.99. The fourth-order valence-corrected chi connectivity index (χ4v) is 2.07. The van der Waals surface area contributed by atoms with Crippen molar-refractivity contribution in [3.8, 4) is 11.3 Å². The molecule has 0 N–H and O–H groups in total. The van der Waals surface area contributed by atoms with Gasteiger partial charge in [-0.25, -0.2) is 9.50 Å². The van der Waals surface area contributed by atoms with Gasteiger partial charge in [0.2, 0.25) is 0 Å². The molecule has 0 spiro atoms. The van der Waals surface area contributed by atoms with E-state index >= 15 is 0 Å². The minimum atomic E-state index is 0.438. The molecule has 0 unspecified atom stereocenters. The van der Waals surface area contributed by atoms with E-state index in [4.69, 9.17) is 23.2 Å². The van der Waals surface area contributed by atoms with Gasteiger partial charge in [0.05, 0.1) is 5.69 Å². The molecule has 0 amide bonds. The average Bonchev–Trinajstić information content (AvgIpc) is 2.74. The zero-order valence-electron chi connectivity index (χ0n) is 8.64. The second-order valence-electron chi connectivity index (χ2n) is 3.59. The predicted octanol–water partition coefficient (Wildman–Crippen LogP) is 3.70. The molecule has 0 saturated heterocycles. The van der Waals surface area contributed by atoms with Gasteiger partial charge in [-0.3, -0.25) is 0 Å². The van der Waals surface area contributed by atoms with Crippen LogP contribution in [-0.4, -0.2) is 14.6 Å². The second kappa shape index (κ2) is 4.02. The van der Waals surface area contributed by atoms with E-state index in [1.807, 2.05) is 30.3 Å². The van der Waals surface area contributed by atoms with Crippen molar-refractivity contribution in [1.29, 1.82) is 0 Å². The van der Waals surface area contributed by atoms with E-state index in [0.717, 1.165) is 16.8 Å². The summed E-state index contributed by atoms with van der Waals surface area (Å²) in [6.07, 6.45) is 3.37. The number of halogens is 2. The zero-order chi connectivity index (χ0) is 11.8.